The number of hydrogen-bond donors (Lipinski definition) is 2. The molecule has 1 aromatic rings. The van der Waals surface area contributed by atoms with Crippen molar-refractivity contribution in [2.24, 2.45) is 0 Å². The quantitative estimate of drug-likeness (QED) is 0.503. The van der Waals surface area contributed by atoms with Gasteiger partial charge in [-0.15, -0.1) is 11.3 Å². The van der Waals surface area contributed by atoms with Crippen molar-refractivity contribution in [2.75, 3.05) is 26.3 Å². The second kappa shape index (κ2) is 9.14. The Hall–Kier alpha value is -1.93. The van der Waals surface area contributed by atoms with Crippen molar-refractivity contribution in [3.8, 4) is 0 Å². The molecule has 0 bridgehead atoms. The average Bonchev–Trinajstić information content (AvgIpc) is 3.24. The van der Waals surface area contributed by atoms with Crippen molar-refractivity contribution < 1.29 is 28.8 Å². The van der Waals surface area contributed by atoms with E-state index >= 15 is 0 Å². The Labute approximate surface area is 157 Å². The summed E-state index contributed by atoms with van der Waals surface area (Å²) in [7, 11) is 0. The fraction of sp³-hybridized carbons (Fsp3) is 0.611. The number of amides is 1. The maximum absolute atomic E-state index is 12.7. The summed E-state index contributed by atoms with van der Waals surface area (Å²) in [5.74, 6) is -2.01. The summed E-state index contributed by atoms with van der Waals surface area (Å²) in [4.78, 5) is 39.6. The van der Waals surface area contributed by atoms with E-state index in [1.165, 1.54) is 11.8 Å². The van der Waals surface area contributed by atoms with Gasteiger partial charge in [-0.05, 0) is 25.3 Å². The molecule has 0 aliphatic carbocycles. The molecule has 1 saturated heterocycles. The van der Waals surface area contributed by atoms with Crippen LogP contribution in [-0.2, 0) is 23.9 Å². The predicted octanol–water partition coefficient (Wildman–Crippen LogP) is 0.469. The molecule has 1 unspecified atom stereocenters. The number of carbonyl (C=O) groups excluding carboxylic acids is 3. The van der Waals surface area contributed by atoms with Crippen molar-refractivity contribution in [2.45, 2.75) is 45.2 Å². The van der Waals surface area contributed by atoms with Gasteiger partial charge in [0.15, 0.2) is 0 Å². The third-order valence-electron chi connectivity index (χ3n) is 4.50. The normalized spacial score (nSPS) is 19.8. The lowest BCUT2D eigenvalue weighted by Gasteiger charge is -2.33. The smallest absolute Gasteiger partial charge is 0.349 e. The van der Waals surface area contributed by atoms with E-state index in [9.17, 15) is 14.4 Å². The molecule has 1 aromatic heterocycles. The van der Waals surface area contributed by atoms with Gasteiger partial charge in [-0.1, -0.05) is 6.07 Å². The first-order chi connectivity index (χ1) is 12.4. The van der Waals surface area contributed by atoms with E-state index in [-0.39, 0.29) is 25.8 Å². The molecule has 1 amide bonds. The van der Waals surface area contributed by atoms with Crippen LogP contribution in [0.2, 0.25) is 0 Å². The largest absolute Gasteiger partial charge is 0.464 e. The lowest BCUT2D eigenvalue weighted by molar-refractivity contribution is -0.919. The zero-order chi connectivity index (χ0) is 19.2. The molecule has 26 heavy (non-hydrogen) atoms. The molecule has 1 aliphatic heterocycles. The Kier molecular flexibility index (Phi) is 7.16. The zero-order valence-electron chi connectivity index (χ0n) is 15.5. The standard InChI is InChI=1S/C18H26N2O5S/c1-4-24-16(22)18(19-13(3)21,17(23)25-5-2)12-20-10-6-8-14(20)15-9-7-11-26-15/h7,9,11,14H,4-6,8,10,12H2,1-3H3,(H,19,21)/p+1/t14-/m0/s1. The highest BCUT2D eigenvalue weighted by Crippen LogP contribution is 2.24. The highest BCUT2D eigenvalue weighted by Gasteiger charge is 2.55. The Balaban J connectivity index is 2.36. The number of rotatable bonds is 8. The number of ether oxygens (including phenoxy) is 2. The predicted molar refractivity (Wildman–Crippen MR) is 96.8 cm³/mol. The lowest BCUT2D eigenvalue weighted by Crippen LogP contribution is -3.13. The van der Waals surface area contributed by atoms with E-state index in [1.807, 2.05) is 11.4 Å². The minimum absolute atomic E-state index is 0.104. The number of hydrogen-bond acceptors (Lipinski definition) is 6. The van der Waals surface area contributed by atoms with Gasteiger partial charge in [-0.3, -0.25) is 4.79 Å². The highest BCUT2D eigenvalue weighted by molar-refractivity contribution is 7.10. The Bertz CT molecular complexity index is 614. The number of nitrogens with one attached hydrogen (secondary N) is 2. The van der Waals surface area contributed by atoms with Crippen molar-refractivity contribution in [1.82, 2.24) is 5.32 Å². The fourth-order valence-electron chi connectivity index (χ4n) is 3.48. The van der Waals surface area contributed by atoms with Crippen LogP contribution in [0, 0.1) is 0 Å². The lowest BCUT2D eigenvalue weighted by atomic mass is 9.97. The number of esters is 2. The third kappa shape index (κ3) is 4.42. The summed E-state index contributed by atoms with van der Waals surface area (Å²) in [6.45, 7) is 5.75. The monoisotopic (exact) mass is 383 g/mol. The van der Waals surface area contributed by atoms with Crippen LogP contribution < -0.4 is 10.2 Å². The van der Waals surface area contributed by atoms with E-state index in [0.29, 0.717) is 0 Å². The molecular formula is C18H27N2O5S+. The second-order valence-corrected chi connectivity index (χ2v) is 7.30. The van der Waals surface area contributed by atoms with Gasteiger partial charge in [0, 0.05) is 19.8 Å². The van der Waals surface area contributed by atoms with Gasteiger partial charge in [0.2, 0.25) is 5.91 Å². The van der Waals surface area contributed by atoms with Gasteiger partial charge < -0.3 is 19.7 Å². The van der Waals surface area contributed by atoms with Gasteiger partial charge in [0.25, 0.3) is 5.54 Å². The molecule has 2 atom stereocenters. The maximum Gasteiger partial charge on any atom is 0.349 e. The van der Waals surface area contributed by atoms with Crippen LogP contribution in [0.1, 0.15) is 44.5 Å². The Morgan fingerprint density at radius 1 is 1.27 bits per heavy atom. The van der Waals surface area contributed by atoms with Crippen molar-refractivity contribution in [3.63, 3.8) is 0 Å². The molecule has 7 nitrogen and oxygen atoms in total. The summed E-state index contributed by atoms with van der Waals surface area (Å²) in [6, 6.07) is 4.25. The van der Waals surface area contributed by atoms with E-state index < -0.39 is 23.4 Å². The van der Waals surface area contributed by atoms with E-state index in [0.717, 1.165) is 24.3 Å². The maximum atomic E-state index is 12.7. The van der Waals surface area contributed by atoms with Crippen LogP contribution in [0.4, 0.5) is 0 Å². The molecule has 8 heteroatoms. The Morgan fingerprint density at radius 3 is 2.42 bits per heavy atom. The van der Waals surface area contributed by atoms with Gasteiger partial charge in [-0.25, -0.2) is 9.59 Å². The molecule has 2 heterocycles. The molecule has 2 N–H and O–H groups in total. The molecule has 0 aromatic carbocycles. The van der Waals surface area contributed by atoms with E-state index in [4.69, 9.17) is 9.47 Å². The first-order valence-electron chi connectivity index (χ1n) is 8.95. The van der Waals surface area contributed by atoms with Crippen LogP contribution in [-0.4, -0.2) is 49.7 Å². The summed E-state index contributed by atoms with van der Waals surface area (Å²) in [5.41, 5.74) is -1.83. The van der Waals surface area contributed by atoms with E-state index in [2.05, 4.69) is 11.4 Å². The average molecular weight is 383 g/mol. The summed E-state index contributed by atoms with van der Waals surface area (Å²) >= 11 is 1.66. The number of carbonyl (C=O) groups is 3. The zero-order valence-corrected chi connectivity index (χ0v) is 16.3. The number of quaternary nitrogens is 1. The number of thiophene rings is 1. The van der Waals surface area contributed by atoms with Gasteiger partial charge in [-0.2, -0.15) is 0 Å². The topological polar surface area (TPSA) is 86.1 Å². The minimum atomic E-state index is -1.83. The summed E-state index contributed by atoms with van der Waals surface area (Å²) in [5, 5.41) is 4.57. The molecule has 0 radical (unpaired) electrons. The first-order valence-corrected chi connectivity index (χ1v) is 9.83. The van der Waals surface area contributed by atoms with Crippen LogP contribution in [0.3, 0.4) is 0 Å². The van der Waals surface area contributed by atoms with Crippen LogP contribution in [0.5, 0.6) is 0 Å². The minimum Gasteiger partial charge on any atom is -0.464 e. The van der Waals surface area contributed by atoms with Gasteiger partial charge in [0.05, 0.1) is 24.6 Å². The van der Waals surface area contributed by atoms with Gasteiger partial charge in [0.1, 0.15) is 12.6 Å². The SMILES string of the molecule is CCOC(=O)C(C[NH+]1CCC[C@H]1c1cccs1)(NC(C)=O)C(=O)OCC. The van der Waals surface area contributed by atoms with Crippen molar-refractivity contribution in [3.05, 3.63) is 22.4 Å². The van der Waals surface area contributed by atoms with Crippen molar-refractivity contribution in [1.29, 1.82) is 0 Å². The Morgan fingerprint density at radius 2 is 1.92 bits per heavy atom. The molecule has 1 fully saturated rings. The molecule has 144 valence electrons. The highest BCUT2D eigenvalue weighted by atomic mass is 32.1. The molecule has 2 rings (SSSR count). The fourth-order valence-corrected chi connectivity index (χ4v) is 4.40. The van der Waals surface area contributed by atoms with E-state index in [1.54, 1.807) is 25.2 Å². The molecule has 0 saturated carbocycles. The molecule has 1 aliphatic rings. The van der Waals surface area contributed by atoms with Gasteiger partial charge >= 0.3 is 11.9 Å². The summed E-state index contributed by atoms with van der Waals surface area (Å²) in [6.07, 6.45) is 1.96. The number of likely N-dealkylation sites (tertiary alicyclic amines) is 1. The van der Waals surface area contributed by atoms with Crippen LogP contribution in [0.25, 0.3) is 0 Å². The van der Waals surface area contributed by atoms with Crippen LogP contribution in [0.15, 0.2) is 17.5 Å². The molecular weight excluding hydrogens is 356 g/mol. The first kappa shape index (κ1) is 20.4. The summed E-state index contributed by atoms with van der Waals surface area (Å²) < 4.78 is 10.3. The second-order valence-electron chi connectivity index (χ2n) is 6.32. The van der Waals surface area contributed by atoms with Crippen LogP contribution >= 0.6 is 11.3 Å². The van der Waals surface area contributed by atoms with Crippen molar-refractivity contribution >= 4 is 29.2 Å². The molecule has 0 spiro atoms. The third-order valence-corrected chi connectivity index (χ3v) is 5.49.